The zero-order valence-electron chi connectivity index (χ0n) is 11.9. The first-order valence-corrected chi connectivity index (χ1v) is 7.82. The van der Waals surface area contributed by atoms with E-state index in [1.165, 1.54) is 45.1 Å². The highest BCUT2D eigenvalue weighted by Crippen LogP contribution is 2.39. The normalized spacial score (nSPS) is 37.2. The summed E-state index contributed by atoms with van der Waals surface area (Å²) in [6.45, 7) is 4.45. The molecule has 3 fully saturated rings. The maximum atomic E-state index is 5.49. The number of ether oxygens (including phenoxy) is 1. The standard InChI is InChI=1S/C15H28N2O/c1-3-17(15(10-18-2)11-4-5-11)14-8-12-6-7-13(9-14)16-12/h11-16H,3-10H2,1-2H3. The molecule has 1 N–H and O–H groups in total. The van der Waals surface area contributed by atoms with Crippen molar-refractivity contribution in [2.45, 2.75) is 69.6 Å². The molecule has 2 heterocycles. The van der Waals surface area contributed by atoms with Crippen molar-refractivity contribution >= 4 is 0 Å². The number of hydrogen-bond donors (Lipinski definition) is 1. The summed E-state index contributed by atoms with van der Waals surface area (Å²) in [4.78, 5) is 2.77. The fourth-order valence-corrected chi connectivity index (χ4v) is 4.22. The molecule has 3 unspecified atom stereocenters. The Kier molecular flexibility index (Phi) is 3.92. The number of piperidine rings is 1. The second-order valence-corrected chi connectivity index (χ2v) is 6.45. The van der Waals surface area contributed by atoms with Crippen LogP contribution in [0.15, 0.2) is 0 Å². The van der Waals surface area contributed by atoms with Gasteiger partial charge in [-0.2, -0.15) is 0 Å². The van der Waals surface area contributed by atoms with E-state index in [1.54, 1.807) is 0 Å². The van der Waals surface area contributed by atoms with Crippen LogP contribution in [0.5, 0.6) is 0 Å². The van der Waals surface area contributed by atoms with Crippen molar-refractivity contribution in [1.29, 1.82) is 0 Å². The van der Waals surface area contributed by atoms with E-state index < -0.39 is 0 Å². The largest absolute Gasteiger partial charge is 0.383 e. The van der Waals surface area contributed by atoms with Crippen LogP contribution in [0.25, 0.3) is 0 Å². The minimum Gasteiger partial charge on any atom is -0.383 e. The summed E-state index contributed by atoms with van der Waals surface area (Å²) < 4.78 is 5.49. The molecule has 0 amide bonds. The van der Waals surface area contributed by atoms with Gasteiger partial charge in [0.15, 0.2) is 0 Å². The fraction of sp³-hybridized carbons (Fsp3) is 1.00. The third kappa shape index (κ3) is 2.59. The third-order valence-electron chi connectivity index (χ3n) is 5.21. The molecule has 1 saturated carbocycles. The fourth-order valence-electron chi connectivity index (χ4n) is 4.22. The van der Waals surface area contributed by atoms with Gasteiger partial charge in [-0.15, -0.1) is 0 Å². The van der Waals surface area contributed by atoms with Crippen LogP contribution in [0.1, 0.15) is 45.4 Å². The molecule has 0 spiro atoms. The van der Waals surface area contributed by atoms with Gasteiger partial charge in [0.05, 0.1) is 6.61 Å². The molecule has 3 heteroatoms. The number of likely N-dealkylation sites (N-methyl/N-ethyl adjacent to an activating group) is 1. The predicted octanol–water partition coefficient (Wildman–Crippen LogP) is 2.02. The Labute approximate surface area is 111 Å². The van der Waals surface area contributed by atoms with Crippen molar-refractivity contribution in [3.63, 3.8) is 0 Å². The molecule has 2 saturated heterocycles. The van der Waals surface area contributed by atoms with E-state index in [1.807, 2.05) is 7.11 Å². The predicted molar refractivity (Wildman–Crippen MR) is 73.7 cm³/mol. The molecule has 0 radical (unpaired) electrons. The van der Waals surface area contributed by atoms with Gasteiger partial charge >= 0.3 is 0 Å². The van der Waals surface area contributed by atoms with Gasteiger partial charge in [-0.05, 0) is 51.0 Å². The maximum Gasteiger partial charge on any atom is 0.0620 e. The quantitative estimate of drug-likeness (QED) is 0.783. The molecule has 3 atom stereocenters. The second kappa shape index (κ2) is 5.48. The molecule has 2 aliphatic heterocycles. The molecule has 18 heavy (non-hydrogen) atoms. The van der Waals surface area contributed by atoms with Gasteiger partial charge < -0.3 is 10.1 Å². The average Bonchev–Trinajstić information content (AvgIpc) is 3.16. The zero-order chi connectivity index (χ0) is 12.5. The molecule has 2 bridgehead atoms. The summed E-state index contributed by atoms with van der Waals surface area (Å²) in [5, 5.41) is 3.76. The van der Waals surface area contributed by atoms with Gasteiger partial charge in [0.25, 0.3) is 0 Å². The van der Waals surface area contributed by atoms with Crippen molar-refractivity contribution in [3.8, 4) is 0 Å². The van der Waals surface area contributed by atoms with Crippen LogP contribution >= 0.6 is 0 Å². The lowest BCUT2D eigenvalue weighted by molar-refractivity contribution is 0.0352. The first-order valence-electron chi connectivity index (χ1n) is 7.82. The lowest BCUT2D eigenvalue weighted by Gasteiger charge is -2.41. The minimum absolute atomic E-state index is 0.683. The average molecular weight is 252 g/mol. The highest BCUT2D eigenvalue weighted by molar-refractivity contribution is 4.98. The molecular weight excluding hydrogens is 224 g/mol. The lowest BCUT2D eigenvalue weighted by Crippen LogP contribution is -2.53. The summed E-state index contributed by atoms with van der Waals surface area (Å²) in [7, 11) is 1.86. The monoisotopic (exact) mass is 252 g/mol. The highest BCUT2D eigenvalue weighted by Gasteiger charge is 2.41. The molecule has 0 aromatic heterocycles. The second-order valence-electron chi connectivity index (χ2n) is 6.45. The Morgan fingerprint density at radius 1 is 1.17 bits per heavy atom. The Hall–Kier alpha value is -0.120. The van der Waals surface area contributed by atoms with Crippen LogP contribution in [0.2, 0.25) is 0 Å². The van der Waals surface area contributed by atoms with Gasteiger partial charge in [0, 0.05) is 31.3 Å². The summed E-state index contributed by atoms with van der Waals surface area (Å²) in [6.07, 6.45) is 8.35. The lowest BCUT2D eigenvalue weighted by atomic mass is 9.95. The Morgan fingerprint density at radius 2 is 1.83 bits per heavy atom. The van der Waals surface area contributed by atoms with Crippen LogP contribution in [-0.4, -0.2) is 49.3 Å². The van der Waals surface area contributed by atoms with E-state index in [2.05, 4.69) is 17.1 Å². The Bertz CT molecular complexity index is 268. The topological polar surface area (TPSA) is 24.5 Å². The third-order valence-corrected chi connectivity index (χ3v) is 5.21. The van der Waals surface area contributed by atoms with Crippen molar-refractivity contribution in [3.05, 3.63) is 0 Å². The van der Waals surface area contributed by atoms with Crippen LogP contribution in [-0.2, 0) is 4.74 Å². The molecule has 0 aromatic rings. The van der Waals surface area contributed by atoms with E-state index >= 15 is 0 Å². The van der Waals surface area contributed by atoms with Gasteiger partial charge in [-0.1, -0.05) is 6.92 Å². The van der Waals surface area contributed by atoms with E-state index in [-0.39, 0.29) is 0 Å². The molecule has 3 nitrogen and oxygen atoms in total. The van der Waals surface area contributed by atoms with Crippen LogP contribution < -0.4 is 5.32 Å². The highest BCUT2D eigenvalue weighted by atomic mass is 16.5. The van der Waals surface area contributed by atoms with Crippen molar-refractivity contribution in [2.24, 2.45) is 5.92 Å². The number of methoxy groups -OCH3 is 1. The first kappa shape index (κ1) is 12.9. The van der Waals surface area contributed by atoms with Crippen molar-refractivity contribution < 1.29 is 4.74 Å². The Balaban J connectivity index is 1.66. The van der Waals surface area contributed by atoms with E-state index in [4.69, 9.17) is 4.74 Å². The molecule has 0 aromatic carbocycles. The zero-order valence-corrected chi connectivity index (χ0v) is 11.9. The number of rotatable bonds is 6. The molecule has 3 aliphatic rings. The van der Waals surface area contributed by atoms with Crippen LogP contribution in [0.3, 0.4) is 0 Å². The van der Waals surface area contributed by atoms with Crippen molar-refractivity contribution in [1.82, 2.24) is 10.2 Å². The number of nitrogens with one attached hydrogen (secondary N) is 1. The molecular formula is C15H28N2O. The summed E-state index contributed by atoms with van der Waals surface area (Å²) in [6, 6.07) is 3.08. The summed E-state index contributed by atoms with van der Waals surface area (Å²) >= 11 is 0. The smallest absolute Gasteiger partial charge is 0.0620 e. The van der Waals surface area contributed by atoms with E-state index in [9.17, 15) is 0 Å². The summed E-state index contributed by atoms with van der Waals surface area (Å²) in [5.74, 6) is 0.914. The number of nitrogens with zero attached hydrogens (tertiary/aromatic N) is 1. The maximum absolute atomic E-state index is 5.49. The van der Waals surface area contributed by atoms with Gasteiger partial charge in [-0.25, -0.2) is 0 Å². The van der Waals surface area contributed by atoms with Gasteiger partial charge in [-0.3, -0.25) is 4.90 Å². The molecule has 104 valence electrons. The summed E-state index contributed by atoms with van der Waals surface area (Å²) in [5.41, 5.74) is 0. The molecule has 1 aliphatic carbocycles. The number of hydrogen-bond acceptors (Lipinski definition) is 3. The van der Waals surface area contributed by atoms with Gasteiger partial charge in [0.1, 0.15) is 0 Å². The first-order chi connectivity index (χ1) is 8.81. The minimum atomic E-state index is 0.683. The van der Waals surface area contributed by atoms with Gasteiger partial charge in [0.2, 0.25) is 0 Å². The van der Waals surface area contributed by atoms with Crippen molar-refractivity contribution in [2.75, 3.05) is 20.3 Å². The Morgan fingerprint density at radius 3 is 2.33 bits per heavy atom. The van der Waals surface area contributed by atoms with E-state index in [0.717, 1.165) is 30.7 Å². The van der Waals surface area contributed by atoms with E-state index in [0.29, 0.717) is 6.04 Å². The SMILES string of the molecule is CCN(C1CC2CCC(C1)N2)C(COC)C1CC1. The van der Waals surface area contributed by atoms with Crippen LogP contribution in [0.4, 0.5) is 0 Å². The molecule has 3 rings (SSSR count). The van der Waals surface area contributed by atoms with Crippen LogP contribution in [0, 0.1) is 5.92 Å². The number of fused-ring (bicyclic) bond motifs is 2.